The maximum absolute atomic E-state index is 12.3. The minimum absolute atomic E-state index is 0.201. The summed E-state index contributed by atoms with van der Waals surface area (Å²) in [4.78, 5) is 40.2. The third-order valence-corrected chi connectivity index (χ3v) is 5.12. The van der Waals surface area contributed by atoms with Crippen molar-refractivity contribution in [1.82, 2.24) is 15.5 Å². The van der Waals surface area contributed by atoms with Crippen molar-refractivity contribution in [2.24, 2.45) is 5.92 Å². The number of hydrogen-bond donors (Lipinski definition) is 2. The molecule has 0 unspecified atom stereocenters. The molecule has 0 aliphatic carbocycles. The number of rotatable bonds is 2. The molecule has 0 radical (unpaired) electrons. The van der Waals surface area contributed by atoms with Gasteiger partial charge in [-0.3, -0.25) is 19.7 Å². The molecule has 3 amide bonds. The van der Waals surface area contributed by atoms with Crippen LogP contribution in [0, 0.1) is 5.92 Å². The molecule has 0 bridgehead atoms. The highest BCUT2D eigenvalue weighted by molar-refractivity contribution is 6.37. The zero-order valence-electron chi connectivity index (χ0n) is 14.5. The van der Waals surface area contributed by atoms with Crippen molar-refractivity contribution in [3.63, 3.8) is 0 Å². The maximum Gasteiger partial charge on any atom is 0.316 e. The monoisotopic (exact) mass is 378 g/mol. The molecule has 2 fully saturated rings. The van der Waals surface area contributed by atoms with Crippen LogP contribution in [0.3, 0.4) is 0 Å². The molecule has 2 heterocycles. The molecule has 2 N–H and O–H groups in total. The fourth-order valence-corrected chi connectivity index (χ4v) is 3.52. The van der Waals surface area contributed by atoms with Gasteiger partial charge in [-0.2, -0.15) is 0 Å². The van der Waals surface area contributed by atoms with E-state index in [0.29, 0.717) is 44.0 Å². The number of nitrogens with zero attached hydrogens (tertiary/aromatic N) is 2. The molecule has 7 nitrogen and oxygen atoms in total. The van der Waals surface area contributed by atoms with Crippen molar-refractivity contribution in [1.29, 1.82) is 0 Å². The Labute approximate surface area is 157 Å². The molecular weight excluding hydrogens is 356 g/mol. The molecule has 0 aromatic heterocycles. The van der Waals surface area contributed by atoms with E-state index in [0.717, 1.165) is 18.8 Å². The summed E-state index contributed by atoms with van der Waals surface area (Å²) in [6.45, 7) is 3.60. The summed E-state index contributed by atoms with van der Waals surface area (Å²) in [6, 6.07) is 7.54. The molecule has 3 rings (SSSR count). The van der Waals surface area contributed by atoms with Crippen LogP contribution in [0.15, 0.2) is 24.3 Å². The van der Waals surface area contributed by atoms with Gasteiger partial charge in [0.05, 0.1) is 0 Å². The Morgan fingerprint density at radius 3 is 2.42 bits per heavy atom. The van der Waals surface area contributed by atoms with E-state index in [1.165, 1.54) is 4.90 Å². The lowest BCUT2D eigenvalue weighted by Crippen LogP contribution is -2.54. The Morgan fingerprint density at radius 1 is 1.08 bits per heavy atom. The number of halogens is 1. The number of benzene rings is 1. The summed E-state index contributed by atoms with van der Waals surface area (Å²) in [5, 5.41) is 6.10. The van der Waals surface area contributed by atoms with Gasteiger partial charge >= 0.3 is 11.8 Å². The second-order valence-electron chi connectivity index (χ2n) is 6.60. The van der Waals surface area contributed by atoms with E-state index < -0.39 is 11.8 Å². The van der Waals surface area contributed by atoms with E-state index in [1.807, 2.05) is 24.3 Å². The van der Waals surface area contributed by atoms with Gasteiger partial charge in [-0.1, -0.05) is 17.7 Å². The van der Waals surface area contributed by atoms with Crippen LogP contribution in [0.2, 0.25) is 5.02 Å². The third-order valence-electron chi connectivity index (χ3n) is 4.88. The summed E-state index contributed by atoms with van der Waals surface area (Å²) < 4.78 is 0. The van der Waals surface area contributed by atoms with Gasteiger partial charge in [0.1, 0.15) is 0 Å². The van der Waals surface area contributed by atoms with Crippen LogP contribution >= 0.6 is 11.6 Å². The SMILES string of the molecule is O=C(NC(=O)C1CCNCC1)C(=O)N1CCN(c2cccc(Cl)c2)CC1. The number of nitrogens with one attached hydrogen (secondary N) is 2. The number of piperazine rings is 1. The van der Waals surface area contributed by atoms with Gasteiger partial charge < -0.3 is 15.1 Å². The highest BCUT2D eigenvalue weighted by Crippen LogP contribution is 2.20. The van der Waals surface area contributed by atoms with Gasteiger partial charge in [-0.15, -0.1) is 0 Å². The van der Waals surface area contributed by atoms with Crippen molar-refractivity contribution in [2.45, 2.75) is 12.8 Å². The Kier molecular flexibility index (Phi) is 6.11. The van der Waals surface area contributed by atoms with E-state index in [9.17, 15) is 14.4 Å². The van der Waals surface area contributed by atoms with Crippen LogP contribution in [-0.4, -0.2) is 61.9 Å². The molecule has 2 aliphatic rings. The predicted molar refractivity (Wildman–Crippen MR) is 99.0 cm³/mol. The Hall–Kier alpha value is -2.12. The molecule has 2 aliphatic heterocycles. The number of piperidine rings is 1. The third kappa shape index (κ3) is 4.53. The first-order valence-corrected chi connectivity index (χ1v) is 9.28. The largest absolute Gasteiger partial charge is 0.368 e. The molecule has 0 saturated carbocycles. The van der Waals surface area contributed by atoms with Crippen molar-refractivity contribution >= 4 is 35.0 Å². The summed E-state index contributed by atoms with van der Waals surface area (Å²) in [6.07, 6.45) is 1.37. The van der Waals surface area contributed by atoms with E-state index in [-0.39, 0.29) is 11.8 Å². The molecule has 0 atom stereocenters. The number of carbonyl (C=O) groups excluding carboxylic acids is 3. The first kappa shape index (κ1) is 18.7. The van der Waals surface area contributed by atoms with Crippen LogP contribution in [0.5, 0.6) is 0 Å². The molecule has 140 valence electrons. The van der Waals surface area contributed by atoms with Crippen molar-refractivity contribution in [2.75, 3.05) is 44.2 Å². The lowest BCUT2D eigenvalue weighted by molar-refractivity contribution is -0.148. The first-order chi connectivity index (χ1) is 12.5. The van der Waals surface area contributed by atoms with Gasteiger partial charge in [0, 0.05) is 42.8 Å². The van der Waals surface area contributed by atoms with Gasteiger partial charge in [-0.05, 0) is 44.1 Å². The fraction of sp³-hybridized carbons (Fsp3) is 0.500. The standard InChI is InChI=1S/C18H23ClN4O3/c19-14-2-1-3-15(12-14)22-8-10-23(11-9-22)18(26)17(25)21-16(24)13-4-6-20-7-5-13/h1-3,12-13,20H,4-11H2,(H,21,24,25). The molecule has 26 heavy (non-hydrogen) atoms. The molecular formula is C18H23ClN4O3. The van der Waals surface area contributed by atoms with Crippen molar-refractivity contribution in [3.05, 3.63) is 29.3 Å². The van der Waals surface area contributed by atoms with Gasteiger partial charge in [0.25, 0.3) is 0 Å². The highest BCUT2D eigenvalue weighted by Gasteiger charge is 2.29. The minimum atomic E-state index is -0.829. The van der Waals surface area contributed by atoms with E-state index in [4.69, 9.17) is 11.6 Å². The summed E-state index contributed by atoms with van der Waals surface area (Å²) >= 11 is 6.02. The van der Waals surface area contributed by atoms with Crippen LogP contribution in [0.1, 0.15) is 12.8 Å². The fourth-order valence-electron chi connectivity index (χ4n) is 3.34. The topological polar surface area (TPSA) is 81.8 Å². The van der Waals surface area contributed by atoms with Crippen molar-refractivity contribution in [3.8, 4) is 0 Å². The Balaban J connectivity index is 1.49. The second-order valence-corrected chi connectivity index (χ2v) is 7.04. The first-order valence-electron chi connectivity index (χ1n) is 8.90. The lowest BCUT2D eigenvalue weighted by atomic mass is 9.97. The molecule has 0 spiro atoms. The van der Waals surface area contributed by atoms with Gasteiger partial charge in [-0.25, -0.2) is 0 Å². The number of hydrogen-bond acceptors (Lipinski definition) is 5. The predicted octanol–water partition coefficient (Wildman–Crippen LogP) is 0.631. The zero-order valence-corrected chi connectivity index (χ0v) is 15.3. The molecule has 8 heteroatoms. The lowest BCUT2D eigenvalue weighted by Gasteiger charge is -2.35. The Bertz CT molecular complexity index is 683. The highest BCUT2D eigenvalue weighted by atomic mass is 35.5. The van der Waals surface area contributed by atoms with Crippen LogP contribution in [-0.2, 0) is 14.4 Å². The summed E-state index contributed by atoms with van der Waals surface area (Å²) in [7, 11) is 0. The smallest absolute Gasteiger partial charge is 0.316 e. The normalized spacial score (nSPS) is 18.5. The number of amides is 3. The number of imide groups is 1. The Morgan fingerprint density at radius 2 is 1.77 bits per heavy atom. The maximum atomic E-state index is 12.3. The van der Waals surface area contributed by atoms with Crippen LogP contribution < -0.4 is 15.5 Å². The van der Waals surface area contributed by atoms with Crippen LogP contribution in [0.4, 0.5) is 5.69 Å². The zero-order chi connectivity index (χ0) is 18.5. The molecule has 1 aromatic rings. The van der Waals surface area contributed by atoms with E-state index >= 15 is 0 Å². The average Bonchev–Trinajstić information content (AvgIpc) is 2.68. The number of anilines is 1. The second kappa shape index (κ2) is 8.51. The molecule has 1 aromatic carbocycles. The quantitative estimate of drug-likeness (QED) is 0.738. The molecule has 2 saturated heterocycles. The van der Waals surface area contributed by atoms with Crippen molar-refractivity contribution < 1.29 is 14.4 Å². The summed E-state index contributed by atoms with van der Waals surface area (Å²) in [5.74, 6) is -2.02. The number of carbonyl (C=O) groups is 3. The van der Waals surface area contributed by atoms with E-state index in [2.05, 4.69) is 15.5 Å². The summed E-state index contributed by atoms with van der Waals surface area (Å²) in [5.41, 5.74) is 0.995. The van der Waals surface area contributed by atoms with Gasteiger partial charge in [0.2, 0.25) is 5.91 Å². The van der Waals surface area contributed by atoms with Crippen LogP contribution in [0.25, 0.3) is 0 Å². The van der Waals surface area contributed by atoms with E-state index in [1.54, 1.807) is 0 Å². The average molecular weight is 379 g/mol. The minimum Gasteiger partial charge on any atom is -0.368 e. The van der Waals surface area contributed by atoms with Gasteiger partial charge in [0.15, 0.2) is 0 Å².